The number of aromatic carboxylic acids is 1. The Bertz CT molecular complexity index is 904. The van der Waals surface area contributed by atoms with Gasteiger partial charge in [0, 0.05) is 11.3 Å². The Morgan fingerprint density at radius 3 is 2.19 bits per heavy atom. The zero-order chi connectivity index (χ0) is 18.5. The number of carbonyl (C=O) groups excluding carboxylic acids is 1. The molecular formula is C21H19NO3S. The molecule has 0 spiro atoms. The van der Waals surface area contributed by atoms with Gasteiger partial charge in [0.05, 0.1) is 12.2 Å². The molecule has 0 saturated heterocycles. The maximum absolute atomic E-state index is 12.6. The van der Waals surface area contributed by atoms with Crippen molar-refractivity contribution < 1.29 is 14.7 Å². The van der Waals surface area contributed by atoms with Gasteiger partial charge in [-0.15, -0.1) is 11.3 Å². The fourth-order valence-electron chi connectivity index (χ4n) is 2.74. The largest absolute Gasteiger partial charge is 0.477 e. The first-order valence-corrected chi connectivity index (χ1v) is 9.18. The first-order chi connectivity index (χ1) is 12.6. The Labute approximate surface area is 156 Å². The zero-order valence-electron chi connectivity index (χ0n) is 14.4. The highest BCUT2D eigenvalue weighted by Crippen LogP contribution is 2.37. The van der Waals surface area contributed by atoms with Crippen LogP contribution < -0.4 is 4.90 Å². The van der Waals surface area contributed by atoms with Crippen molar-refractivity contribution in [1.29, 1.82) is 0 Å². The van der Waals surface area contributed by atoms with Crippen LogP contribution in [0.15, 0.2) is 66.7 Å². The second-order valence-corrected chi connectivity index (χ2v) is 6.87. The van der Waals surface area contributed by atoms with Gasteiger partial charge in [0.25, 0.3) is 0 Å². The Morgan fingerprint density at radius 2 is 1.62 bits per heavy atom. The van der Waals surface area contributed by atoms with Crippen molar-refractivity contribution in [3.63, 3.8) is 0 Å². The summed E-state index contributed by atoms with van der Waals surface area (Å²) in [4.78, 5) is 27.0. The second kappa shape index (κ2) is 7.97. The minimum atomic E-state index is -1.02. The molecule has 0 aliphatic rings. The number of anilines is 1. The summed E-state index contributed by atoms with van der Waals surface area (Å²) < 4.78 is 0. The molecule has 2 aromatic carbocycles. The van der Waals surface area contributed by atoms with Crippen molar-refractivity contribution >= 4 is 28.9 Å². The minimum absolute atomic E-state index is 0.103. The van der Waals surface area contributed by atoms with E-state index in [4.69, 9.17) is 0 Å². The van der Waals surface area contributed by atoms with Crippen LogP contribution in [-0.2, 0) is 11.3 Å². The maximum Gasteiger partial charge on any atom is 0.348 e. The van der Waals surface area contributed by atoms with Gasteiger partial charge in [-0.2, -0.15) is 0 Å². The van der Waals surface area contributed by atoms with Gasteiger partial charge in [-0.3, -0.25) is 4.79 Å². The third-order valence-corrected chi connectivity index (χ3v) is 5.20. The molecule has 0 unspecified atom stereocenters. The standard InChI is InChI=1S/C21H19NO3S/c1-2-19(23)22(14-15-9-5-3-6-10-15)17-13-18(26-20(17)21(24)25)16-11-7-4-8-12-16/h3-13H,2,14H2,1H3,(H,24,25). The third-order valence-electron chi connectivity index (χ3n) is 4.04. The molecule has 132 valence electrons. The summed E-state index contributed by atoms with van der Waals surface area (Å²) in [5.41, 5.74) is 2.35. The number of carboxylic acid groups (broad SMARTS) is 1. The number of nitrogens with zero attached hydrogens (tertiary/aromatic N) is 1. The lowest BCUT2D eigenvalue weighted by Crippen LogP contribution is -2.30. The molecule has 0 radical (unpaired) electrons. The summed E-state index contributed by atoms with van der Waals surface area (Å²) in [5.74, 6) is -1.12. The number of carbonyl (C=O) groups is 2. The fourth-order valence-corrected chi connectivity index (χ4v) is 3.75. The molecule has 1 heterocycles. The first-order valence-electron chi connectivity index (χ1n) is 8.37. The Kier molecular flexibility index (Phi) is 5.49. The van der Waals surface area contributed by atoms with Gasteiger partial charge in [0.2, 0.25) is 5.91 Å². The van der Waals surface area contributed by atoms with Crippen molar-refractivity contribution in [2.24, 2.45) is 0 Å². The van der Waals surface area contributed by atoms with Crippen molar-refractivity contribution in [3.8, 4) is 10.4 Å². The third kappa shape index (κ3) is 3.83. The number of rotatable bonds is 6. The van der Waals surface area contributed by atoms with E-state index in [0.717, 1.165) is 16.0 Å². The van der Waals surface area contributed by atoms with E-state index in [-0.39, 0.29) is 10.8 Å². The van der Waals surface area contributed by atoms with Crippen molar-refractivity contribution in [2.45, 2.75) is 19.9 Å². The lowest BCUT2D eigenvalue weighted by molar-refractivity contribution is -0.118. The van der Waals surface area contributed by atoms with Gasteiger partial charge >= 0.3 is 5.97 Å². The van der Waals surface area contributed by atoms with Gasteiger partial charge in [-0.1, -0.05) is 67.6 Å². The molecule has 5 heteroatoms. The maximum atomic E-state index is 12.6. The molecule has 0 aliphatic carbocycles. The number of hydrogen-bond acceptors (Lipinski definition) is 3. The smallest absolute Gasteiger partial charge is 0.348 e. The van der Waals surface area contributed by atoms with Crippen LogP contribution in [0.1, 0.15) is 28.6 Å². The molecule has 1 aromatic heterocycles. The van der Waals surface area contributed by atoms with E-state index in [1.165, 1.54) is 11.3 Å². The van der Waals surface area contributed by atoms with Gasteiger partial charge in [-0.05, 0) is 17.2 Å². The summed E-state index contributed by atoms with van der Waals surface area (Å²) >= 11 is 1.19. The van der Waals surface area contributed by atoms with Crippen LogP contribution in [0.5, 0.6) is 0 Å². The summed E-state index contributed by atoms with van der Waals surface area (Å²) in [6.07, 6.45) is 0.308. The summed E-state index contributed by atoms with van der Waals surface area (Å²) in [6.45, 7) is 2.13. The topological polar surface area (TPSA) is 57.6 Å². The Balaban J connectivity index is 2.06. The Hall–Kier alpha value is -2.92. The predicted octanol–water partition coefficient (Wildman–Crippen LogP) is 5.06. The summed E-state index contributed by atoms with van der Waals surface area (Å²) in [6, 6.07) is 21.0. The van der Waals surface area contributed by atoms with Crippen LogP contribution in [0.25, 0.3) is 10.4 Å². The van der Waals surface area contributed by atoms with E-state index < -0.39 is 5.97 Å². The molecule has 26 heavy (non-hydrogen) atoms. The number of amides is 1. The van der Waals surface area contributed by atoms with E-state index in [0.29, 0.717) is 18.7 Å². The van der Waals surface area contributed by atoms with Crippen molar-refractivity contribution in [3.05, 3.63) is 77.2 Å². The second-order valence-electron chi connectivity index (χ2n) is 5.82. The van der Waals surface area contributed by atoms with Crippen molar-refractivity contribution in [2.75, 3.05) is 4.90 Å². The highest BCUT2D eigenvalue weighted by Gasteiger charge is 2.24. The molecule has 4 nitrogen and oxygen atoms in total. The van der Waals surface area contributed by atoms with Crippen molar-refractivity contribution in [1.82, 2.24) is 0 Å². The minimum Gasteiger partial charge on any atom is -0.477 e. The van der Waals surface area contributed by atoms with Gasteiger partial charge in [0.15, 0.2) is 0 Å². The van der Waals surface area contributed by atoms with E-state index in [2.05, 4.69) is 0 Å². The van der Waals surface area contributed by atoms with E-state index in [9.17, 15) is 14.7 Å². The molecule has 0 fully saturated rings. The SMILES string of the molecule is CCC(=O)N(Cc1ccccc1)c1cc(-c2ccccc2)sc1C(=O)O. The van der Waals surface area contributed by atoms with Crippen LogP contribution >= 0.6 is 11.3 Å². The predicted molar refractivity (Wildman–Crippen MR) is 105 cm³/mol. The average Bonchev–Trinajstić information content (AvgIpc) is 3.12. The number of carboxylic acids is 1. The highest BCUT2D eigenvalue weighted by atomic mass is 32.1. The van der Waals surface area contributed by atoms with Crippen LogP contribution in [-0.4, -0.2) is 17.0 Å². The lowest BCUT2D eigenvalue weighted by Gasteiger charge is -2.22. The summed E-state index contributed by atoms with van der Waals surface area (Å²) in [7, 11) is 0. The summed E-state index contributed by atoms with van der Waals surface area (Å²) in [5, 5.41) is 9.67. The molecule has 0 atom stereocenters. The molecule has 1 amide bonds. The van der Waals surface area contributed by atoms with Crippen LogP contribution in [0.2, 0.25) is 0 Å². The molecular weight excluding hydrogens is 346 g/mol. The lowest BCUT2D eigenvalue weighted by atomic mass is 10.1. The average molecular weight is 365 g/mol. The molecule has 0 saturated carbocycles. The molecule has 0 aliphatic heterocycles. The zero-order valence-corrected chi connectivity index (χ0v) is 15.2. The molecule has 3 aromatic rings. The highest BCUT2D eigenvalue weighted by molar-refractivity contribution is 7.18. The van der Waals surface area contributed by atoms with Crippen LogP contribution in [0, 0.1) is 0 Å². The van der Waals surface area contributed by atoms with Gasteiger partial charge < -0.3 is 10.0 Å². The van der Waals surface area contributed by atoms with Gasteiger partial charge in [0.1, 0.15) is 4.88 Å². The quantitative estimate of drug-likeness (QED) is 0.664. The molecule has 3 rings (SSSR count). The number of thiophene rings is 1. The number of benzene rings is 2. The monoisotopic (exact) mass is 365 g/mol. The fraction of sp³-hybridized carbons (Fsp3) is 0.143. The number of hydrogen-bond donors (Lipinski definition) is 1. The molecule has 1 N–H and O–H groups in total. The van der Waals surface area contributed by atoms with Crippen LogP contribution in [0.4, 0.5) is 5.69 Å². The Morgan fingerprint density at radius 1 is 1.00 bits per heavy atom. The van der Waals surface area contributed by atoms with E-state index in [1.54, 1.807) is 17.9 Å². The van der Waals surface area contributed by atoms with E-state index in [1.807, 2.05) is 60.7 Å². The van der Waals surface area contributed by atoms with E-state index >= 15 is 0 Å². The van der Waals surface area contributed by atoms with Crippen LogP contribution in [0.3, 0.4) is 0 Å². The van der Waals surface area contributed by atoms with Gasteiger partial charge in [-0.25, -0.2) is 4.79 Å². The first kappa shape index (κ1) is 17.9. The molecule has 0 bridgehead atoms. The normalized spacial score (nSPS) is 10.5.